The summed E-state index contributed by atoms with van der Waals surface area (Å²) in [5.74, 6) is 0. The van der Waals surface area contributed by atoms with Crippen molar-refractivity contribution in [2.24, 2.45) is 0 Å². The first kappa shape index (κ1) is 24.4. The molecular weight excluding hydrogens is 460 g/mol. The highest BCUT2D eigenvalue weighted by Crippen LogP contribution is 2.45. The number of rotatable bonds is 6. The van der Waals surface area contributed by atoms with Crippen molar-refractivity contribution in [3.63, 3.8) is 0 Å². The standard InChI is InChI=1S/C37H34O/c1-5-24-8-12-26(13-9-24)33-23-34(27-14-10-25(11-15-27)7-6-20-38)32-19-17-29-22-30(37(2,3)4)21-28-16-18-31(33)36(32)35(28)29/h5,8-19,21-23,38H,1,6-7,20H2,2-4H3. The summed E-state index contributed by atoms with van der Waals surface area (Å²) in [6.07, 6.45) is 3.58. The molecule has 0 heterocycles. The average molecular weight is 495 g/mol. The SMILES string of the molecule is C=Cc1ccc(-c2cc(-c3ccc(CCCO)cc3)c3ccc4cc(C(C)(C)C)cc5ccc2c3c54)cc1. The fraction of sp³-hybridized carbons (Fsp3) is 0.189. The summed E-state index contributed by atoms with van der Waals surface area (Å²) in [5, 5.41) is 17.1. The quantitative estimate of drug-likeness (QED) is 0.228. The largest absolute Gasteiger partial charge is 0.396 e. The monoisotopic (exact) mass is 494 g/mol. The number of hydrogen-bond acceptors (Lipinski definition) is 1. The molecule has 0 amide bonds. The molecule has 0 saturated carbocycles. The molecule has 0 aliphatic carbocycles. The molecule has 0 aliphatic heterocycles. The van der Waals surface area contributed by atoms with Crippen molar-refractivity contribution in [3.8, 4) is 22.3 Å². The minimum atomic E-state index is 0.0887. The second-order valence-electron chi connectivity index (χ2n) is 11.5. The predicted molar refractivity (Wildman–Crippen MR) is 165 cm³/mol. The maximum Gasteiger partial charge on any atom is 0.0434 e. The fourth-order valence-corrected chi connectivity index (χ4v) is 5.76. The van der Waals surface area contributed by atoms with Crippen LogP contribution in [0.5, 0.6) is 0 Å². The molecule has 6 aromatic rings. The second-order valence-corrected chi connectivity index (χ2v) is 11.5. The predicted octanol–water partition coefficient (Wildman–Crippen LogP) is 9.78. The first-order valence-corrected chi connectivity index (χ1v) is 13.6. The lowest BCUT2D eigenvalue weighted by Crippen LogP contribution is -2.10. The third-order valence-corrected chi connectivity index (χ3v) is 7.93. The summed E-state index contributed by atoms with van der Waals surface area (Å²) >= 11 is 0. The Morgan fingerprint density at radius 2 is 1.24 bits per heavy atom. The van der Waals surface area contributed by atoms with Crippen molar-refractivity contribution in [3.05, 3.63) is 114 Å². The van der Waals surface area contributed by atoms with E-state index in [0.29, 0.717) is 0 Å². The first-order valence-electron chi connectivity index (χ1n) is 13.6. The molecule has 0 bridgehead atoms. The molecule has 1 N–H and O–H groups in total. The van der Waals surface area contributed by atoms with E-state index in [0.717, 1.165) is 18.4 Å². The van der Waals surface area contributed by atoms with E-state index >= 15 is 0 Å². The van der Waals surface area contributed by atoms with Gasteiger partial charge in [-0.25, -0.2) is 0 Å². The lowest BCUT2D eigenvalue weighted by molar-refractivity contribution is 0.288. The topological polar surface area (TPSA) is 20.2 Å². The molecular formula is C37H34O. The van der Waals surface area contributed by atoms with Gasteiger partial charge in [-0.3, -0.25) is 0 Å². The molecule has 6 aromatic carbocycles. The molecule has 0 fully saturated rings. The van der Waals surface area contributed by atoms with E-state index < -0.39 is 0 Å². The van der Waals surface area contributed by atoms with Crippen LogP contribution in [0.4, 0.5) is 0 Å². The molecule has 0 unspecified atom stereocenters. The van der Waals surface area contributed by atoms with Crippen LogP contribution < -0.4 is 0 Å². The van der Waals surface area contributed by atoms with E-state index in [4.69, 9.17) is 0 Å². The Balaban J connectivity index is 1.66. The normalized spacial score (nSPS) is 12.1. The molecule has 0 saturated heterocycles. The number of aliphatic hydroxyl groups excluding tert-OH is 1. The molecule has 0 aliphatic rings. The van der Waals surface area contributed by atoms with Crippen LogP contribution in [0.25, 0.3) is 60.6 Å². The molecule has 6 rings (SSSR count). The molecule has 38 heavy (non-hydrogen) atoms. The van der Waals surface area contributed by atoms with Crippen molar-refractivity contribution in [1.82, 2.24) is 0 Å². The zero-order chi connectivity index (χ0) is 26.4. The third-order valence-electron chi connectivity index (χ3n) is 7.93. The lowest BCUT2D eigenvalue weighted by Gasteiger charge is -2.23. The highest BCUT2D eigenvalue weighted by Gasteiger charge is 2.20. The van der Waals surface area contributed by atoms with Crippen LogP contribution in [-0.2, 0) is 11.8 Å². The average Bonchev–Trinajstić information content (AvgIpc) is 2.94. The van der Waals surface area contributed by atoms with Crippen LogP contribution in [0.15, 0.2) is 97.6 Å². The molecule has 1 nitrogen and oxygen atoms in total. The Labute approximate surface area is 225 Å². The minimum absolute atomic E-state index is 0.0887. The van der Waals surface area contributed by atoms with Crippen LogP contribution in [0.2, 0.25) is 0 Å². The number of hydrogen-bond donors (Lipinski definition) is 1. The summed E-state index contributed by atoms with van der Waals surface area (Å²) in [4.78, 5) is 0. The van der Waals surface area contributed by atoms with Crippen LogP contribution in [0, 0.1) is 0 Å². The van der Waals surface area contributed by atoms with Crippen molar-refractivity contribution in [1.29, 1.82) is 0 Å². The number of aryl methyl sites for hydroxylation is 1. The van der Waals surface area contributed by atoms with Crippen molar-refractivity contribution >= 4 is 38.4 Å². The van der Waals surface area contributed by atoms with E-state index in [1.165, 1.54) is 65.7 Å². The van der Waals surface area contributed by atoms with Gasteiger partial charge in [-0.05, 0) is 95.6 Å². The molecule has 0 spiro atoms. The van der Waals surface area contributed by atoms with Crippen LogP contribution in [0.1, 0.15) is 43.9 Å². The highest BCUT2D eigenvalue weighted by atomic mass is 16.2. The van der Waals surface area contributed by atoms with Crippen LogP contribution >= 0.6 is 0 Å². The zero-order valence-electron chi connectivity index (χ0n) is 22.5. The van der Waals surface area contributed by atoms with E-state index in [1.807, 2.05) is 6.08 Å². The Kier molecular flexibility index (Phi) is 6.05. The summed E-state index contributed by atoms with van der Waals surface area (Å²) in [5.41, 5.74) is 8.77. The maximum atomic E-state index is 9.24. The Hall–Kier alpha value is -3.94. The smallest absolute Gasteiger partial charge is 0.0434 e. The maximum absolute atomic E-state index is 9.24. The van der Waals surface area contributed by atoms with Crippen LogP contribution in [-0.4, -0.2) is 11.7 Å². The van der Waals surface area contributed by atoms with Gasteiger partial charge in [0.25, 0.3) is 0 Å². The minimum Gasteiger partial charge on any atom is -0.396 e. The fourth-order valence-electron chi connectivity index (χ4n) is 5.76. The Morgan fingerprint density at radius 3 is 1.74 bits per heavy atom. The lowest BCUT2D eigenvalue weighted by atomic mass is 9.81. The van der Waals surface area contributed by atoms with E-state index in [-0.39, 0.29) is 12.0 Å². The molecule has 188 valence electrons. The van der Waals surface area contributed by atoms with Gasteiger partial charge in [0.1, 0.15) is 0 Å². The van der Waals surface area contributed by atoms with Gasteiger partial charge in [0.2, 0.25) is 0 Å². The summed E-state index contributed by atoms with van der Waals surface area (Å²) in [6.45, 7) is 11.0. The van der Waals surface area contributed by atoms with E-state index in [9.17, 15) is 5.11 Å². The van der Waals surface area contributed by atoms with E-state index in [1.54, 1.807) is 0 Å². The van der Waals surface area contributed by atoms with Gasteiger partial charge >= 0.3 is 0 Å². The van der Waals surface area contributed by atoms with Crippen molar-refractivity contribution < 1.29 is 5.11 Å². The van der Waals surface area contributed by atoms with Gasteiger partial charge in [0.15, 0.2) is 0 Å². The second kappa shape index (κ2) is 9.42. The van der Waals surface area contributed by atoms with Gasteiger partial charge in [-0.1, -0.05) is 118 Å². The molecule has 1 heteroatoms. The van der Waals surface area contributed by atoms with Crippen molar-refractivity contribution in [2.45, 2.75) is 39.0 Å². The summed E-state index contributed by atoms with van der Waals surface area (Å²) in [7, 11) is 0. The zero-order valence-corrected chi connectivity index (χ0v) is 22.5. The van der Waals surface area contributed by atoms with Gasteiger partial charge < -0.3 is 5.11 Å². The van der Waals surface area contributed by atoms with Gasteiger partial charge in [-0.2, -0.15) is 0 Å². The highest BCUT2D eigenvalue weighted by molar-refractivity contribution is 6.28. The number of benzene rings is 6. The van der Waals surface area contributed by atoms with E-state index in [2.05, 4.69) is 118 Å². The summed E-state index contributed by atoms with van der Waals surface area (Å²) in [6, 6.07) is 34.0. The van der Waals surface area contributed by atoms with Gasteiger partial charge in [0.05, 0.1) is 0 Å². The van der Waals surface area contributed by atoms with Gasteiger partial charge in [0, 0.05) is 6.61 Å². The van der Waals surface area contributed by atoms with Crippen LogP contribution in [0.3, 0.4) is 0 Å². The number of aliphatic hydroxyl groups is 1. The summed E-state index contributed by atoms with van der Waals surface area (Å²) < 4.78 is 0. The van der Waals surface area contributed by atoms with Crippen molar-refractivity contribution in [2.75, 3.05) is 6.61 Å². The van der Waals surface area contributed by atoms with Gasteiger partial charge in [-0.15, -0.1) is 0 Å². The Morgan fingerprint density at radius 1 is 0.684 bits per heavy atom. The molecule has 0 aromatic heterocycles. The first-order chi connectivity index (χ1) is 18.4. The third kappa shape index (κ3) is 4.18. The molecule has 0 atom stereocenters. The molecule has 0 radical (unpaired) electrons. The Bertz CT molecular complexity index is 1750.